The Labute approximate surface area is 234 Å². The molecule has 1 amide bonds. The first-order chi connectivity index (χ1) is 19.2. The molecule has 0 unspecified atom stereocenters. The van der Waals surface area contributed by atoms with Crippen LogP contribution in [0.25, 0.3) is 17.0 Å². The molecular weight excluding hydrogens is 506 g/mol. The molecule has 212 valence electrons. The van der Waals surface area contributed by atoms with E-state index in [4.69, 9.17) is 9.51 Å². The molecule has 1 aromatic carbocycles. The van der Waals surface area contributed by atoms with E-state index >= 15 is 0 Å². The Morgan fingerprint density at radius 2 is 2.00 bits per heavy atom. The highest BCUT2D eigenvalue weighted by Gasteiger charge is 2.23. The van der Waals surface area contributed by atoms with Gasteiger partial charge in [-0.2, -0.15) is 0 Å². The fourth-order valence-corrected chi connectivity index (χ4v) is 4.60. The lowest BCUT2D eigenvalue weighted by atomic mass is 9.98. The Balaban J connectivity index is 1.91. The molecule has 0 radical (unpaired) electrons. The van der Waals surface area contributed by atoms with Gasteiger partial charge in [0.15, 0.2) is 5.82 Å². The number of allylic oxidation sites excluding steroid dienone is 5. The largest absolute Gasteiger partial charge is 0.439 e. The number of H-pyrrole nitrogens is 1. The van der Waals surface area contributed by atoms with Crippen LogP contribution in [0.4, 0.5) is 0 Å². The van der Waals surface area contributed by atoms with Crippen LogP contribution in [0.2, 0.25) is 0 Å². The molecule has 9 nitrogen and oxygen atoms in total. The molecule has 0 fully saturated rings. The molecule has 0 saturated carbocycles. The number of benzene rings is 1. The van der Waals surface area contributed by atoms with E-state index in [0.717, 1.165) is 24.0 Å². The van der Waals surface area contributed by atoms with Crippen LogP contribution in [0.5, 0.6) is 0 Å². The molecule has 0 atom stereocenters. The maximum absolute atomic E-state index is 13.6. The molecule has 0 aliphatic rings. The highest BCUT2D eigenvalue weighted by atomic mass is 16.5. The average Bonchev–Trinajstić information content (AvgIpc) is 3.35. The van der Waals surface area contributed by atoms with E-state index in [1.165, 1.54) is 0 Å². The number of carbonyl (C=O) groups is 1. The highest BCUT2D eigenvalue weighted by molar-refractivity contribution is 5.94. The van der Waals surface area contributed by atoms with Crippen LogP contribution in [-0.4, -0.2) is 44.1 Å². The predicted octanol–water partition coefficient (Wildman–Crippen LogP) is 5.18. The summed E-state index contributed by atoms with van der Waals surface area (Å²) in [6.07, 6.45) is 10.5. The zero-order chi connectivity index (χ0) is 29.2. The molecule has 0 saturated heterocycles. The van der Waals surface area contributed by atoms with E-state index in [-0.39, 0.29) is 22.9 Å². The van der Waals surface area contributed by atoms with Gasteiger partial charge in [-0.1, -0.05) is 87.5 Å². The molecule has 0 aliphatic heterocycles. The molecule has 3 aromatic rings. The number of aryl methyl sites for hydroxylation is 2. The average molecular weight is 546 g/mol. The minimum atomic E-state index is -0.626. The summed E-state index contributed by atoms with van der Waals surface area (Å²) in [6.45, 7) is 12.7. The third-order valence-corrected chi connectivity index (χ3v) is 6.43. The molecule has 1 N–H and O–H groups in total. The minimum Gasteiger partial charge on any atom is -0.341 e. The normalized spacial score (nSPS) is 11.9. The lowest BCUT2D eigenvalue weighted by Crippen LogP contribution is -2.38. The molecule has 2 heterocycles. The van der Waals surface area contributed by atoms with Crippen molar-refractivity contribution in [1.82, 2.24) is 24.6 Å². The van der Waals surface area contributed by atoms with Crippen LogP contribution in [-0.2, 0) is 13.0 Å². The maximum atomic E-state index is 13.6. The summed E-state index contributed by atoms with van der Waals surface area (Å²) in [7, 11) is 1.72. The molecule has 2 aromatic heterocycles. The smallest absolute Gasteiger partial charge is 0.341 e. The lowest BCUT2D eigenvalue weighted by Gasteiger charge is -2.21. The Bertz CT molecular complexity index is 1510. The van der Waals surface area contributed by atoms with Gasteiger partial charge < -0.3 is 4.90 Å². The van der Waals surface area contributed by atoms with Crippen molar-refractivity contribution >= 4 is 11.5 Å². The lowest BCUT2D eigenvalue weighted by molar-refractivity contribution is 0.0775. The van der Waals surface area contributed by atoms with Crippen molar-refractivity contribution in [3.63, 3.8) is 0 Å². The van der Waals surface area contributed by atoms with Gasteiger partial charge in [-0.25, -0.2) is 9.78 Å². The van der Waals surface area contributed by atoms with E-state index < -0.39 is 5.76 Å². The summed E-state index contributed by atoms with van der Waals surface area (Å²) in [4.78, 5) is 47.3. The van der Waals surface area contributed by atoms with E-state index in [1.807, 2.05) is 56.3 Å². The van der Waals surface area contributed by atoms with Crippen molar-refractivity contribution in [1.29, 1.82) is 0 Å². The maximum Gasteiger partial charge on any atom is 0.439 e. The van der Waals surface area contributed by atoms with Crippen molar-refractivity contribution in [3.05, 3.63) is 98.7 Å². The van der Waals surface area contributed by atoms with Crippen molar-refractivity contribution < 1.29 is 9.32 Å². The summed E-state index contributed by atoms with van der Waals surface area (Å²) in [5.41, 5.74) is 2.70. The SMILES string of the molecule is C=C/C=C(\C=C/CCn1c(CCCC)nc(C)c(C(=O)N(C)CC(C)C)c1=O)c1ccccc1-c1noc(=O)[nH]1. The van der Waals surface area contributed by atoms with E-state index in [9.17, 15) is 14.4 Å². The third-order valence-electron chi connectivity index (χ3n) is 6.43. The Hall–Kier alpha value is -4.27. The molecule has 0 aliphatic carbocycles. The van der Waals surface area contributed by atoms with Crippen LogP contribution in [0.15, 0.2) is 69.3 Å². The van der Waals surface area contributed by atoms with Gasteiger partial charge in [0, 0.05) is 32.1 Å². The summed E-state index contributed by atoms with van der Waals surface area (Å²) < 4.78 is 6.34. The van der Waals surface area contributed by atoms with Gasteiger partial charge in [-0.05, 0) is 36.8 Å². The van der Waals surface area contributed by atoms with Crippen molar-refractivity contribution in [2.24, 2.45) is 5.92 Å². The molecule has 9 heteroatoms. The van der Waals surface area contributed by atoms with Gasteiger partial charge >= 0.3 is 5.76 Å². The first-order valence-corrected chi connectivity index (χ1v) is 13.7. The number of nitrogens with zero attached hydrogens (tertiary/aromatic N) is 4. The number of hydrogen-bond acceptors (Lipinski definition) is 6. The number of nitrogens with one attached hydrogen (secondary N) is 1. The van der Waals surface area contributed by atoms with Gasteiger partial charge in [0.05, 0.1) is 5.69 Å². The Morgan fingerprint density at radius 3 is 2.65 bits per heavy atom. The van der Waals surface area contributed by atoms with Crippen LogP contribution in [0.1, 0.15) is 67.5 Å². The predicted molar refractivity (Wildman–Crippen MR) is 158 cm³/mol. The van der Waals surface area contributed by atoms with Crippen molar-refractivity contribution in [3.8, 4) is 11.4 Å². The van der Waals surface area contributed by atoms with E-state index in [0.29, 0.717) is 48.8 Å². The van der Waals surface area contributed by atoms with Crippen LogP contribution in [0, 0.1) is 12.8 Å². The molecule has 0 bridgehead atoms. The van der Waals surface area contributed by atoms with E-state index in [1.54, 1.807) is 29.5 Å². The number of hydrogen-bond donors (Lipinski definition) is 1. The summed E-state index contributed by atoms with van der Waals surface area (Å²) >= 11 is 0. The summed E-state index contributed by atoms with van der Waals surface area (Å²) in [6, 6.07) is 7.52. The first-order valence-electron chi connectivity index (χ1n) is 13.7. The number of aromatic nitrogens is 4. The van der Waals surface area contributed by atoms with Gasteiger partial charge in [0.1, 0.15) is 11.4 Å². The zero-order valence-corrected chi connectivity index (χ0v) is 24.1. The van der Waals surface area contributed by atoms with Crippen molar-refractivity contribution in [2.45, 2.75) is 59.9 Å². The second-order valence-electron chi connectivity index (χ2n) is 10.2. The van der Waals surface area contributed by atoms with E-state index in [2.05, 4.69) is 23.6 Å². The first kappa shape index (κ1) is 30.3. The van der Waals surface area contributed by atoms with Crippen LogP contribution >= 0.6 is 0 Å². The second kappa shape index (κ2) is 14.2. The monoisotopic (exact) mass is 545 g/mol. The number of unbranched alkanes of at least 4 members (excludes halogenated alkanes) is 1. The Morgan fingerprint density at radius 1 is 1.25 bits per heavy atom. The number of carbonyl (C=O) groups excluding carboxylic acids is 1. The topological polar surface area (TPSA) is 114 Å². The number of rotatable bonds is 13. The molecule has 40 heavy (non-hydrogen) atoms. The molecule has 3 rings (SSSR count). The third kappa shape index (κ3) is 7.43. The number of amides is 1. The highest BCUT2D eigenvalue weighted by Crippen LogP contribution is 2.27. The standard InChI is InChI=1S/C31H39N5O4/c1-7-9-18-26-32-22(5)27(29(37)35(6)20-21(3)4)30(38)36(26)19-13-12-15-23(14-8-2)24-16-10-11-17-25(24)28-33-31(39)40-34-28/h8,10-12,14-17,21H,2,7,9,13,18-20H2,1,3-6H3,(H,33,34,39)/b15-12-,23-14+. The molecule has 0 spiro atoms. The summed E-state index contributed by atoms with van der Waals surface area (Å²) in [5, 5.41) is 3.83. The summed E-state index contributed by atoms with van der Waals surface area (Å²) in [5.74, 6) is 0.392. The van der Waals surface area contributed by atoms with Crippen LogP contribution < -0.4 is 11.3 Å². The zero-order valence-electron chi connectivity index (χ0n) is 24.1. The molecular formula is C31H39N5O4. The Kier molecular flexibility index (Phi) is 10.8. The van der Waals surface area contributed by atoms with Gasteiger partial charge in [0.2, 0.25) is 0 Å². The van der Waals surface area contributed by atoms with Gasteiger partial charge in [0.25, 0.3) is 11.5 Å². The van der Waals surface area contributed by atoms with Gasteiger partial charge in [-0.15, -0.1) is 0 Å². The van der Waals surface area contributed by atoms with Crippen LogP contribution in [0.3, 0.4) is 0 Å². The second-order valence-corrected chi connectivity index (χ2v) is 10.2. The minimum absolute atomic E-state index is 0.134. The number of aromatic amines is 1. The fraction of sp³-hybridized carbons (Fsp3) is 0.387. The quantitative estimate of drug-likeness (QED) is 0.296. The van der Waals surface area contributed by atoms with Gasteiger partial charge in [-0.3, -0.25) is 23.7 Å². The fourth-order valence-electron chi connectivity index (χ4n) is 4.60. The van der Waals surface area contributed by atoms with Crippen molar-refractivity contribution in [2.75, 3.05) is 13.6 Å².